The number of hydrogen-bond acceptors (Lipinski definition) is 2. The maximum Gasteiger partial charge on any atom is 0.152 e. The number of nitrogens with zero attached hydrogens (tertiary/aromatic N) is 1. The molecule has 5 heteroatoms. The van der Waals surface area contributed by atoms with Crippen molar-refractivity contribution < 1.29 is 53.8 Å². The van der Waals surface area contributed by atoms with Gasteiger partial charge >= 0.3 is 0 Å². The van der Waals surface area contributed by atoms with Gasteiger partial charge in [0.25, 0.3) is 0 Å². The summed E-state index contributed by atoms with van der Waals surface area (Å²) < 4.78 is 0. The second-order valence-electron chi connectivity index (χ2n) is 0.0816. The van der Waals surface area contributed by atoms with Gasteiger partial charge in [-0.15, -0.1) is 4.91 Å². The van der Waals surface area contributed by atoms with Crippen LogP contribution >= 0.6 is 0 Å². The first-order chi connectivity index (χ1) is 1.41. The quantitative estimate of drug-likeness (QED) is 0.366. The maximum atomic E-state index is 8.11. The normalized spacial score (nSPS) is 2.40. The summed E-state index contributed by atoms with van der Waals surface area (Å²) in [4.78, 5) is 8.11. The molecule has 0 aliphatic heterocycles. The fourth-order valence-electron chi connectivity index (χ4n) is 0. The first-order valence-corrected chi connectivity index (χ1v) is 0.383. The van der Waals surface area contributed by atoms with Gasteiger partial charge in [-0.05, 0) is 0 Å². The van der Waals surface area contributed by atoms with Gasteiger partial charge in [0.2, 0.25) is 0 Å². The van der Waals surface area contributed by atoms with Crippen molar-refractivity contribution in [2.45, 2.75) is 0 Å². The Morgan fingerprint density at radius 3 is 1.60 bits per heavy atom. The molecule has 0 heterocycles. The third-order valence-corrected chi connectivity index (χ3v) is 0. The number of hydrogen-bond donors (Lipinski definition) is 1. The largest absolute Gasteiger partial charge is 0.379 e. The van der Waals surface area contributed by atoms with Crippen LogP contribution in [0.5, 0.6) is 0 Å². The first kappa shape index (κ1) is 16.6. The maximum absolute atomic E-state index is 8.11. The van der Waals surface area contributed by atoms with Gasteiger partial charge in [0.15, 0.2) is 5.34 Å². The van der Waals surface area contributed by atoms with Crippen LogP contribution in [0, 0.1) is 4.91 Å². The Morgan fingerprint density at radius 1 is 1.60 bits per heavy atom. The third kappa shape index (κ3) is 43.8. The fraction of sp³-hybridized carbons (Fsp3) is 0. The van der Waals surface area contributed by atoms with Crippen molar-refractivity contribution in [2.75, 3.05) is 0 Å². The zero-order valence-corrected chi connectivity index (χ0v) is 6.91. The van der Waals surface area contributed by atoms with Crippen LogP contribution < -0.4 is 0 Å². The number of rotatable bonds is 0. The average molecular weight is 231 g/mol. The monoisotopic (exact) mass is 230 g/mol. The molecule has 0 spiro atoms. The molecule has 0 aromatic heterocycles. The molecule has 0 rings (SSSR count). The summed E-state index contributed by atoms with van der Waals surface area (Å²) in [6.07, 6.45) is 0. The van der Waals surface area contributed by atoms with Crippen molar-refractivity contribution in [3.63, 3.8) is 0 Å². The van der Waals surface area contributed by atoms with Gasteiger partial charge in [-0.3, -0.25) is 0 Å². The van der Waals surface area contributed by atoms with E-state index in [0.717, 1.165) is 0 Å². The molecule has 0 atom stereocenters. The average Bonchev–Trinajstić information content (AvgIpc) is 0.918. The molecule has 0 fully saturated rings. The van der Waals surface area contributed by atoms with Crippen LogP contribution in [0.2, 0.25) is 0 Å². The van der Waals surface area contributed by atoms with Gasteiger partial charge < -0.3 is 5.21 Å². The van der Waals surface area contributed by atoms with Crippen molar-refractivity contribution in [1.82, 2.24) is 0 Å². The van der Waals surface area contributed by atoms with Crippen LogP contribution in [0.25, 0.3) is 0 Å². The molecule has 0 aliphatic rings. The summed E-state index contributed by atoms with van der Waals surface area (Å²) in [6.45, 7) is 0. The molecule has 0 aromatic rings. The summed E-state index contributed by atoms with van der Waals surface area (Å²) in [5.74, 6) is 0. The van der Waals surface area contributed by atoms with Crippen LogP contribution in [-0.2, 0) is 48.6 Å². The molecular formula is HNNbO2Zr. The Kier molecular flexibility index (Phi) is 66.1. The minimum Gasteiger partial charge on any atom is -0.379 e. The van der Waals surface area contributed by atoms with Crippen LogP contribution in [0.1, 0.15) is 0 Å². The molecule has 27 valence electrons. The van der Waals surface area contributed by atoms with E-state index in [1.165, 1.54) is 5.34 Å². The minimum atomic E-state index is 0. The Hall–Kier alpha value is 1.02. The smallest absolute Gasteiger partial charge is 0.152 e. The van der Waals surface area contributed by atoms with Gasteiger partial charge in [-0.2, -0.15) is 0 Å². The van der Waals surface area contributed by atoms with Crippen molar-refractivity contribution >= 4 is 0 Å². The molecule has 0 bridgehead atoms. The topological polar surface area (TPSA) is 49.7 Å². The molecular weight excluding hydrogens is 230 g/mol. The predicted octanol–water partition coefficient (Wildman–Crippen LogP) is 0.137. The minimum absolute atomic E-state index is 0. The molecule has 0 saturated carbocycles. The zero-order valence-electron chi connectivity index (χ0n) is 2.25. The summed E-state index contributed by atoms with van der Waals surface area (Å²) in [5, 5.41) is 7.89. The fourth-order valence-corrected chi connectivity index (χ4v) is 0. The SMILES string of the molecule is O=NO.[Nb].[Zr]. The van der Waals surface area contributed by atoms with E-state index >= 15 is 0 Å². The summed E-state index contributed by atoms with van der Waals surface area (Å²) in [7, 11) is 0. The second kappa shape index (κ2) is 19.9. The van der Waals surface area contributed by atoms with E-state index in [2.05, 4.69) is 0 Å². The van der Waals surface area contributed by atoms with Crippen molar-refractivity contribution in [1.29, 1.82) is 0 Å². The van der Waals surface area contributed by atoms with E-state index in [0.29, 0.717) is 0 Å². The van der Waals surface area contributed by atoms with Crippen LogP contribution in [0.3, 0.4) is 0 Å². The molecule has 3 nitrogen and oxygen atoms in total. The summed E-state index contributed by atoms with van der Waals surface area (Å²) >= 11 is 0. The van der Waals surface area contributed by atoms with Crippen LogP contribution in [0.15, 0.2) is 5.34 Å². The zero-order chi connectivity index (χ0) is 2.71. The van der Waals surface area contributed by atoms with E-state index in [9.17, 15) is 0 Å². The van der Waals surface area contributed by atoms with E-state index in [1.807, 2.05) is 0 Å². The molecule has 0 unspecified atom stereocenters. The Morgan fingerprint density at radius 2 is 1.60 bits per heavy atom. The van der Waals surface area contributed by atoms with Gasteiger partial charge in [-0.1, -0.05) is 0 Å². The van der Waals surface area contributed by atoms with Gasteiger partial charge in [0.1, 0.15) is 0 Å². The van der Waals surface area contributed by atoms with Crippen molar-refractivity contribution in [3.8, 4) is 0 Å². The molecule has 1 radical (unpaired) electrons. The molecule has 0 aliphatic carbocycles. The standard InChI is InChI=1S/HNO2.Nb.Zr/c2-1-3;;/h(H,2,3);;. The Labute approximate surface area is 63.7 Å². The van der Waals surface area contributed by atoms with Crippen LogP contribution in [0.4, 0.5) is 0 Å². The predicted molar refractivity (Wildman–Crippen MR) is 7.58 cm³/mol. The first-order valence-electron chi connectivity index (χ1n) is 0.383. The molecule has 0 amide bonds. The summed E-state index contributed by atoms with van der Waals surface area (Å²) in [6, 6.07) is 0. The van der Waals surface area contributed by atoms with E-state index in [-0.39, 0.29) is 48.6 Å². The molecule has 1 N–H and O–H groups in total. The second-order valence-corrected chi connectivity index (χ2v) is 0.0816. The molecule has 5 heavy (non-hydrogen) atoms. The van der Waals surface area contributed by atoms with Crippen molar-refractivity contribution in [3.05, 3.63) is 4.91 Å². The van der Waals surface area contributed by atoms with E-state index in [4.69, 9.17) is 10.1 Å². The van der Waals surface area contributed by atoms with Gasteiger partial charge in [-0.25, -0.2) is 0 Å². The van der Waals surface area contributed by atoms with E-state index < -0.39 is 0 Å². The van der Waals surface area contributed by atoms with Crippen molar-refractivity contribution in [2.24, 2.45) is 5.34 Å². The molecule has 0 aromatic carbocycles. The van der Waals surface area contributed by atoms with Crippen LogP contribution in [-0.4, -0.2) is 5.21 Å². The third-order valence-electron chi connectivity index (χ3n) is 0. The van der Waals surface area contributed by atoms with E-state index in [1.54, 1.807) is 0 Å². The van der Waals surface area contributed by atoms with Gasteiger partial charge in [0, 0.05) is 48.6 Å². The Bertz CT molecular complexity index is 17.1. The summed E-state index contributed by atoms with van der Waals surface area (Å²) in [5.41, 5.74) is 0. The molecule has 0 saturated heterocycles. The van der Waals surface area contributed by atoms with Gasteiger partial charge in [0.05, 0.1) is 0 Å². The Balaban J connectivity index is -0.0000000200.